The second kappa shape index (κ2) is 7.15. The molecule has 0 unspecified atom stereocenters. The van der Waals surface area contributed by atoms with Crippen LogP contribution in [0.15, 0.2) is 48.7 Å². The van der Waals surface area contributed by atoms with E-state index in [1.54, 1.807) is 19.2 Å². The summed E-state index contributed by atoms with van der Waals surface area (Å²) in [5, 5.41) is 3.97. The van der Waals surface area contributed by atoms with Gasteiger partial charge in [-0.3, -0.25) is 4.79 Å². The first-order valence-electron chi connectivity index (χ1n) is 8.86. The quantitative estimate of drug-likeness (QED) is 0.682. The first-order chi connectivity index (χ1) is 13.2. The van der Waals surface area contributed by atoms with Crippen LogP contribution in [0, 0.1) is 0 Å². The molecule has 2 aromatic carbocycles. The maximum Gasteiger partial charge on any atom is 0.339 e. The van der Waals surface area contributed by atoms with Crippen molar-refractivity contribution in [1.29, 1.82) is 0 Å². The molecule has 0 aliphatic carbocycles. The van der Waals surface area contributed by atoms with Gasteiger partial charge in [-0.05, 0) is 35.7 Å². The van der Waals surface area contributed by atoms with Crippen molar-refractivity contribution in [3.8, 4) is 5.75 Å². The van der Waals surface area contributed by atoms with Gasteiger partial charge in [0.25, 0.3) is 5.91 Å². The highest BCUT2D eigenvalue weighted by Crippen LogP contribution is 2.23. The Morgan fingerprint density at radius 2 is 2.15 bits per heavy atom. The number of benzene rings is 2. The van der Waals surface area contributed by atoms with Crippen molar-refractivity contribution < 1.29 is 19.1 Å². The van der Waals surface area contributed by atoms with E-state index in [9.17, 15) is 9.59 Å². The monoisotopic (exact) mass is 364 g/mol. The van der Waals surface area contributed by atoms with Crippen molar-refractivity contribution in [2.24, 2.45) is 0 Å². The average molecular weight is 364 g/mol. The highest BCUT2D eigenvalue weighted by Gasteiger charge is 2.30. The molecular formula is C21H20N2O4. The van der Waals surface area contributed by atoms with E-state index in [0.717, 1.165) is 27.8 Å². The van der Waals surface area contributed by atoms with E-state index in [-0.39, 0.29) is 5.91 Å². The second-order valence-electron chi connectivity index (χ2n) is 6.52. The van der Waals surface area contributed by atoms with E-state index in [0.29, 0.717) is 24.9 Å². The van der Waals surface area contributed by atoms with Gasteiger partial charge >= 0.3 is 5.97 Å². The van der Waals surface area contributed by atoms with Crippen molar-refractivity contribution in [2.75, 3.05) is 13.7 Å². The third-order valence-electron chi connectivity index (χ3n) is 4.85. The summed E-state index contributed by atoms with van der Waals surface area (Å²) >= 11 is 0. The lowest BCUT2D eigenvalue weighted by Crippen LogP contribution is -2.42. The maximum absolute atomic E-state index is 12.4. The molecule has 2 heterocycles. The number of rotatable bonds is 5. The van der Waals surface area contributed by atoms with E-state index in [1.807, 2.05) is 36.5 Å². The number of carbonyl (C=O) groups excluding carboxylic acids is 2. The molecule has 6 nitrogen and oxygen atoms in total. The fourth-order valence-electron chi connectivity index (χ4n) is 3.41. The fourth-order valence-corrected chi connectivity index (χ4v) is 3.41. The molecule has 2 N–H and O–H groups in total. The summed E-state index contributed by atoms with van der Waals surface area (Å²) in [7, 11) is 1.64. The molecule has 4 rings (SSSR count). The smallest absolute Gasteiger partial charge is 0.339 e. The SMILES string of the molecule is COc1ccc2c(CCNC(=O)[C@H]3Cc4ccccc4C(=O)O3)c[nH]c2c1. The second-order valence-corrected chi connectivity index (χ2v) is 6.52. The van der Waals surface area contributed by atoms with E-state index in [2.05, 4.69) is 10.3 Å². The highest BCUT2D eigenvalue weighted by molar-refractivity contribution is 5.95. The maximum atomic E-state index is 12.4. The van der Waals surface area contributed by atoms with Crippen molar-refractivity contribution in [2.45, 2.75) is 18.9 Å². The largest absolute Gasteiger partial charge is 0.497 e. The van der Waals surface area contributed by atoms with Gasteiger partial charge in [0, 0.05) is 36.1 Å². The standard InChI is InChI=1S/C21H20N2O4/c1-26-15-6-7-16-14(12-23-18(16)11-15)8-9-22-20(24)19-10-13-4-2-3-5-17(13)21(25)27-19/h2-7,11-12,19,23H,8-10H2,1H3,(H,22,24)/t19-/m1/s1. The Morgan fingerprint density at radius 3 is 3.00 bits per heavy atom. The molecule has 138 valence electrons. The van der Waals surface area contributed by atoms with Gasteiger partial charge in [-0.15, -0.1) is 0 Å². The molecule has 27 heavy (non-hydrogen) atoms. The van der Waals surface area contributed by atoms with Gasteiger partial charge in [-0.2, -0.15) is 0 Å². The van der Waals surface area contributed by atoms with E-state index in [4.69, 9.17) is 9.47 Å². The van der Waals surface area contributed by atoms with Gasteiger partial charge in [0.2, 0.25) is 0 Å². The molecule has 0 spiro atoms. The number of cyclic esters (lactones) is 1. The third-order valence-corrected chi connectivity index (χ3v) is 4.85. The van der Waals surface area contributed by atoms with Gasteiger partial charge in [-0.25, -0.2) is 4.79 Å². The van der Waals surface area contributed by atoms with Gasteiger partial charge in [0.1, 0.15) is 5.75 Å². The highest BCUT2D eigenvalue weighted by atomic mass is 16.5. The number of carbonyl (C=O) groups is 2. The number of methoxy groups -OCH3 is 1. The summed E-state index contributed by atoms with van der Waals surface area (Å²) in [6.07, 6.45) is 2.24. The van der Waals surface area contributed by atoms with Crippen molar-refractivity contribution in [1.82, 2.24) is 10.3 Å². The minimum Gasteiger partial charge on any atom is -0.497 e. The summed E-state index contributed by atoms with van der Waals surface area (Å²) in [4.78, 5) is 27.7. The molecule has 1 aromatic heterocycles. The average Bonchev–Trinajstić information content (AvgIpc) is 3.10. The van der Waals surface area contributed by atoms with Crippen LogP contribution >= 0.6 is 0 Å². The van der Waals surface area contributed by atoms with Crippen LogP contribution in [0.1, 0.15) is 21.5 Å². The predicted molar refractivity (Wildman–Crippen MR) is 101 cm³/mol. The van der Waals surface area contributed by atoms with Crippen molar-refractivity contribution in [3.63, 3.8) is 0 Å². The minimum atomic E-state index is -0.778. The summed E-state index contributed by atoms with van der Waals surface area (Å²) in [6, 6.07) is 13.1. The number of amides is 1. The molecule has 0 saturated carbocycles. The molecular weight excluding hydrogens is 344 g/mol. The van der Waals surface area contributed by atoms with Crippen LogP contribution < -0.4 is 10.1 Å². The number of H-pyrrole nitrogens is 1. The Morgan fingerprint density at radius 1 is 1.30 bits per heavy atom. The number of esters is 1. The van der Waals surface area contributed by atoms with E-state index >= 15 is 0 Å². The molecule has 0 saturated heterocycles. The number of fused-ring (bicyclic) bond motifs is 2. The molecule has 1 amide bonds. The zero-order valence-electron chi connectivity index (χ0n) is 15.0. The Kier molecular flexibility index (Phi) is 4.54. The minimum absolute atomic E-state index is 0.264. The van der Waals surface area contributed by atoms with Crippen LogP contribution in [0.5, 0.6) is 5.75 Å². The number of aromatic nitrogens is 1. The molecule has 1 aliphatic heterocycles. The lowest BCUT2D eigenvalue weighted by Gasteiger charge is -2.23. The lowest BCUT2D eigenvalue weighted by molar-refractivity contribution is -0.130. The molecule has 1 atom stereocenters. The van der Waals surface area contributed by atoms with E-state index in [1.165, 1.54) is 0 Å². The fraction of sp³-hybridized carbons (Fsp3) is 0.238. The summed E-state index contributed by atoms with van der Waals surface area (Å²) in [5.74, 6) is 0.0885. The number of hydrogen-bond donors (Lipinski definition) is 2. The number of aromatic amines is 1. The Balaban J connectivity index is 1.37. The van der Waals surface area contributed by atoms with Gasteiger partial charge in [0.05, 0.1) is 12.7 Å². The summed E-state index contributed by atoms with van der Waals surface area (Å²) in [6.45, 7) is 0.466. The molecule has 0 bridgehead atoms. The number of ether oxygens (including phenoxy) is 2. The van der Waals surface area contributed by atoms with Crippen LogP contribution in [-0.4, -0.2) is 36.6 Å². The topological polar surface area (TPSA) is 80.4 Å². The lowest BCUT2D eigenvalue weighted by atomic mass is 9.98. The predicted octanol–water partition coefficient (Wildman–Crippen LogP) is 2.62. The van der Waals surface area contributed by atoms with E-state index < -0.39 is 12.1 Å². The molecule has 1 aliphatic rings. The number of hydrogen-bond acceptors (Lipinski definition) is 4. The zero-order valence-corrected chi connectivity index (χ0v) is 15.0. The normalized spacial score (nSPS) is 15.9. The van der Waals surface area contributed by atoms with Crippen molar-refractivity contribution >= 4 is 22.8 Å². The van der Waals surface area contributed by atoms with Crippen LogP contribution in [0.3, 0.4) is 0 Å². The Bertz CT molecular complexity index is 1010. The molecule has 6 heteroatoms. The van der Waals surface area contributed by atoms with Gasteiger partial charge < -0.3 is 19.8 Å². The number of nitrogens with one attached hydrogen (secondary N) is 2. The Hall–Kier alpha value is -3.28. The van der Waals surface area contributed by atoms with Crippen LogP contribution in [0.25, 0.3) is 10.9 Å². The van der Waals surface area contributed by atoms with Crippen molar-refractivity contribution in [3.05, 3.63) is 65.4 Å². The first-order valence-corrected chi connectivity index (χ1v) is 8.86. The third kappa shape index (κ3) is 3.38. The van der Waals surface area contributed by atoms with Gasteiger partial charge in [-0.1, -0.05) is 18.2 Å². The summed E-state index contributed by atoms with van der Waals surface area (Å²) in [5.41, 5.74) is 3.49. The Labute approximate surface area is 156 Å². The van der Waals surface area contributed by atoms with Crippen LogP contribution in [0.4, 0.5) is 0 Å². The molecule has 0 radical (unpaired) electrons. The molecule has 3 aromatic rings. The first kappa shape index (κ1) is 17.1. The molecule has 0 fully saturated rings. The van der Waals surface area contributed by atoms with Gasteiger partial charge in [0.15, 0.2) is 6.10 Å². The van der Waals surface area contributed by atoms with Crippen LogP contribution in [-0.2, 0) is 22.4 Å². The zero-order chi connectivity index (χ0) is 18.8. The van der Waals surface area contributed by atoms with Crippen LogP contribution in [0.2, 0.25) is 0 Å². The summed E-state index contributed by atoms with van der Waals surface area (Å²) < 4.78 is 10.5.